The van der Waals surface area contributed by atoms with Gasteiger partial charge in [0.2, 0.25) is 0 Å². The van der Waals surface area contributed by atoms with Crippen molar-refractivity contribution in [1.29, 1.82) is 0 Å². The van der Waals surface area contributed by atoms with Gasteiger partial charge in [0.05, 0.1) is 6.26 Å². The minimum atomic E-state index is -0.301. The van der Waals surface area contributed by atoms with Crippen LogP contribution in [0.15, 0.2) is 100 Å². The van der Waals surface area contributed by atoms with Crippen molar-refractivity contribution in [1.82, 2.24) is 9.78 Å². The molecular weight excluding hydrogens is 312 g/mol. The Kier molecular flexibility index (Phi) is 4.01. The summed E-state index contributed by atoms with van der Waals surface area (Å²) in [6, 6.07) is 26.3. The first-order valence-corrected chi connectivity index (χ1v) is 8.06. The van der Waals surface area contributed by atoms with Gasteiger partial charge in [-0.15, -0.1) is 0 Å². The van der Waals surface area contributed by atoms with Crippen molar-refractivity contribution in [2.45, 2.75) is 6.04 Å². The number of hydrogen-bond donors (Lipinski definition) is 0. The van der Waals surface area contributed by atoms with Crippen LogP contribution in [-0.4, -0.2) is 9.78 Å². The molecule has 0 radical (unpaired) electrons. The number of rotatable bonds is 4. The van der Waals surface area contributed by atoms with E-state index in [0.717, 1.165) is 11.1 Å². The molecular formula is C21H16N2O2. The van der Waals surface area contributed by atoms with E-state index in [1.165, 1.54) is 10.7 Å². The zero-order valence-electron chi connectivity index (χ0n) is 13.4. The molecule has 122 valence electrons. The first-order chi connectivity index (χ1) is 12.3. The first kappa shape index (κ1) is 15.1. The topological polar surface area (TPSA) is 48.0 Å². The maximum absolute atomic E-state index is 12.6. The van der Waals surface area contributed by atoms with Gasteiger partial charge in [-0.05, 0) is 29.3 Å². The molecule has 0 N–H and O–H groups in total. The van der Waals surface area contributed by atoms with Crippen molar-refractivity contribution in [2.75, 3.05) is 0 Å². The summed E-state index contributed by atoms with van der Waals surface area (Å²) >= 11 is 0. The number of hydrogen-bond acceptors (Lipinski definition) is 3. The molecule has 2 aromatic carbocycles. The van der Waals surface area contributed by atoms with Gasteiger partial charge in [-0.1, -0.05) is 60.7 Å². The van der Waals surface area contributed by atoms with Crippen LogP contribution in [0.5, 0.6) is 0 Å². The normalized spacial score (nSPS) is 10.9. The fourth-order valence-electron chi connectivity index (χ4n) is 2.91. The van der Waals surface area contributed by atoms with Crippen LogP contribution in [0.4, 0.5) is 0 Å². The Morgan fingerprint density at radius 3 is 1.96 bits per heavy atom. The van der Waals surface area contributed by atoms with E-state index in [1.54, 1.807) is 18.4 Å². The van der Waals surface area contributed by atoms with E-state index < -0.39 is 0 Å². The molecule has 4 heteroatoms. The zero-order valence-corrected chi connectivity index (χ0v) is 13.4. The summed E-state index contributed by atoms with van der Waals surface area (Å²) in [7, 11) is 0. The van der Waals surface area contributed by atoms with Crippen LogP contribution in [-0.2, 0) is 0 Å². The first-order valence-electron chi connectivity index (χ1n) is 8.06. The summed E-state index contributed by atoms with van der Waals surface area (Å²) < 4.78 is 6.94. The van der Waals surface area contributed by atoms with Crippen molar-refractivity contribution in [3.05, 3.63) is 113 Å². The Labute approximate surface area is 145 Å². The molecule has 0 unspecified atom stereocenters. The van der Waals surface area contributed by atoms with Crippen molar-refractivity contribution in [2.24, 2.45) is 0 Å². The predicted molar refractivity (Wildman–Crippen MR) is 96.3 cm³/mol. The van der Waals surface area contributed by atoms with E-state index in [9.17, 15) is 4.79 Å². The van der Waals surface area contributed by atoms with Crippen LogP contribution in [0.25, 0.3) is 11.5 Å². The van der Waals surface area contributed by atoms with Gasteiger partial charge in [-0.25, -0.2) is 4.68 Å². The Morgan fingerprint density at radius 2 is 1.40 bits per heavy atom. The van der Waals surface area contributed by atoms with Crippen LogP contribution >= 0.6 is 0 Å². The van der Waals surface area contributed by atoms with Crippen molar-refractivity contribution in [3.8, 4) is 11.5 Å². The summed E-state index contributed by atoms with van der Waals surface area (Å²) in [5, 5.41) is 4.58. The molecule has 0 aliphatic carbocycles. The van der Waals surface area contributed by atoms with E-state index in [0.29, 0.717) is 11.5 Å². The minimum Gasteiger partial charge on any atom is -0.463 e. The average Bonchev–Trinajstić information content (AvgIpc) is 3.20. The largest absolute Gasteiger partial charge is 0.463 e. The monoisotopic (exact) mass is 328 g/mol. The highest BCUT2D eigenvalue weighted by Gasteiger charge is 2.19. The number of aromatic nitrogens is 2. The van der Waals surface area contributed by atoms with Crippen LogP contribution < -0.4 is 5.56 Å². The Bertz CT molecular complexity index is 967. The third kappa shape index (κ3) is 3.02. The molecule has 0 spiro atoms. The summed E-state index contributed by atoms with van der Waals surface area (Å²) in [5.74, 6) is 0.633. The van der Waals surface area contributed by atoms with Gasteiger partial charge in [0.15, 0.2) is 5.76 Å². The van der Waals surface area contributed by atoms with Gasteiger partial charge >= 0.3 is 0 Å². The average molecular weight is 328 g/mol. The molecule has 0 aliphatic rings. The second-order valence-corrected chi connectivity index (χ2v) is 5.70. The van der Waals surface area contributed by atoms with Gasteiger partial charge in [0, 0.05) is 6.07 Å². The van der Waals surface area contributed by atoms with E-state index >= 15 is 0 Å². The van der Waals surface area contributed by atoms with E-state index in [-0.39, 0.29) is 11.6 Å². The Hall–Kier alpha value is -3.40. The van der Waals surface area contributed by atoms with E-state index in [4.69, 9.17) is 4.42 Å². The van der Waals surface area contributed by atoms with Crippen molar-refractivity contribution in [3.63, 3.8) is 0 Å². The number of furan rings is 1. The lowest BCUT2D eigenvalue weighted by molar-refractivity contribution is 0.544. The van der Waals surface area contributed by atoms with Crippen molar-refractivity contribution >= 4 is 0 Å². The second-order valence-electron chi connectivity index (χ2n) is 5.70. The summed E-state index contributed by atoms with van der Waals surface area (Å²) in [6.07, 6.45) is 1.60. The van der Waals surface area contributed by atoms with Crippen LogP contribution in [0.1, 0.15) is 17.2 Å². The van der Waals surface area contributed by atoms with Gasteiger partial charge in [0.25, 0.3) is 5.56 Å². The molecule has 0 fully saturated rings. The van der Waals surface area contributed by atoms with Gasteiger partial charge in [-0.2, -0.15) is 5.10 Å². The molecule has 4 rings (SSSR count). The molecule has 2 aromatic heterocycles. The maximum atomic E-state index is 12.6. The third-order valence-electron chi connectivity index (χ3n) is 4.07. The predicted octanol–water partition coefficient (Wildman–Crippen LogP) is 4.14. The molecule has 4 nitrogen and oxygen atoms in total. The molecule has 0 saturated carbocycles. The molecule has 0 saturated heterocycles. The molecule has 0 atom stereocenters. The SMILES string of the molecule is O=c1ccc(-c2ccco2)nn1C(c1ccccc1)c1ccccc1. The zero-order chi connectivity index (χ0) is 17.1. The lowest BCUT2D eigenvalue weighted by Gasteiger charge is -2.20. The van der Waals surface area contributed by atoms with Crippen LogP contribution in [0.3, 0.4) is 0 Å². The quantitative estimate of drug-likeness (QED) is 0.565. The second kappa shape index (κ2) is 6.61. The molecule has 0 amide bonds. The van der Waals surface area contributed by atoms with Gasteiger partial charge in [-0.3, -0.25) is 4.79 Å². The van der Waals surface area contributed by atoms with Crippen molar-refractivity contribution < 1.29 is 4.42 Å². The highest BCUT2D eigenvalue weighted by Crippen LogP contribution is 2.25. The molecule has 0 bridgehead atoms. The molecule has 2 heterocycles. The lowest BCUT2D eigenvalue weighted by Crippen LogP contribution is -2.28. The van der Waals surface area contributed by atoms with E-state index in [1.807, 2.05) is 66.7 Å². The van der Waals surface area contributed by atoms with Crippen LogP contribution in [0.2, 0.25) is 0 Å². The van der Waals surface area contributed by atoms with E-state index in [2.05, 4.69) is 5.10 Å². The summed E-state index contributed by atoms with van der Waals surface area (Å²) in [4.78, 5) is 12.6. The summed E-state index contributed by atoms with van der Waals surface area (Å²) in [5.41, 5.74) is 2.47. The fourth-order valence-corrected chi connectivity index (χ4v) is 2.91. The Balaban J connectivity index is 1.91. The number of nitrogens with zero attached hydrogens (tertiary/aromatic N) is 2. The molecule has 0 aliphatic heterocycles. The van der Waals surface area contributed by atoms with Gasteiger partial charge < -0.3 is 4.42 Å². The van der Waals surface area contributed by atoms with Gasteiger partial charge in [0.1, 0.15) is 11.7 Å². The smallest absolute Gasteiger partial charge is 0.267 e. The molecule has 4 aromatic rings. The molecule has 25 heavy (non-hydrogen) atoms. The highest BCUT2D eigenvalue weighted by atomic mass is 16.3. The Morgan fingerprint density at radius 1 is 0.760 bits per heavy atom. The van der Waals surface area contributed by atoms with Crippen LogP contribution in [0, 0.1) is 0 Å². The lowest BCUT2D eigenvalue weighted by atomic mass is 9.99. The highest BCUT2D eigenvalue weighted by molar-refractivity contribution is 5.50. The fraction of sp³-hybridized carbons (Fsp3) is 0.0476. The standard InChI is InChI=1S/C21H16N2O2/c24-20-14-13-18(19-12-7-15-25-19)22-23(20)21(16-8-3-1-4-9-16)17-10-5-2-6-11-17/h1-15,21H. The third-order valence-corrected chi connectivity index (χ3v) is 4.07. The minimum absolute atomic E-state index is 0.159. The summed E-state index contributed by atoms with van der Waals surface area (Å²) in [6.45, 7) is 0. The maximum Gasteiger partial charge on any atom is 0.267 e. The number of benzene rings is 2.